The van der Waals surface area contributed by atoms with Gasteiger partial charge in [-0.3, -0.25) is 4.79 Å². The van der Waals surface area contributed by atoms with Crippen molar-refractivity contribution in [3.63, 3.8) is 0 Å². The molecule has 100 valence electrons. The van der Waals surface area contributed by atoms with Crippen molar-refractivity contribution >= 4 is 29.1 Å². The minimum atomic E-state index is 0.448. The number of aromatic nitrogens is 4. The van der Waals surface area contributed by atoms with Gasteiger partial charge in [0.2, 0.25) is 0 Å². The number of aromatic amines is 1. The second kappa shape index (κ2) is 5.30. The van der Waals surface area contributed by atoms with Crippen LogP contribution in [0.1, 0.15) is 10.4 Å². The van der Waals surface area contributed by atoms with Crippen molar-refractivity contribution in [1.82, 2.24) is 19.9 Å². The Morgan fingerprint density at radius 1 is 1.30 bits per heavy atom. The summed E-state index contributed by atoms with van der Waals surface area (Å²) in [7, 11) is 1.62. The lowest BCUT2D eigenvalue weighted by molar-refractivity contribution is 0.112. The topological polar surface area (TPSA) is 80.8 Å². The minimum Gasteiger partial charge on any atom is -0.497 e. The van der Waals surface area contributed by atoms with Crippen LogP contribution >= 0.6 is 11.8 Å². The lowest BCUT2D eigenvalue weighted by Crippen LogP contribution is -1.89. The standard InChI is InChI=1S/C13H10N4O2S/c1-19-9-2-3-10-11(4-9)17-13(16-10)20-12-14-5-8(7-18)6-15-12/h2-7H,1H3,(H,16,17). The molecule has 0 saturated carbocycles. The minimum absolute atomic E-state index is 0.448. The predicted molar refractivity (Wildman–Crippen MR) is 74.2 cm³/mol. The molecule has 0 amide bonds. The number of hydrogen-bond donors (Lipinski definition) is 1. The third kappa shape index (κ3) is 2.48. The molecule has 0 aliphatic rings. The normalized spacial score (nSPS) is 10.7. The van der Waals surface area contributed by atoms with Crippen molar-refractivity contribution in [2.24, 2.45) is 0 Å². The molecular weight excluding hydrogens is 276 g/mol. The highest BCUT2D eigenvalue weighted by molar-refractivity contribution is 7.99. The van der Waals surface area contributed by atoms with Crippen molar-refractivity contribution in [3.05, 3.63) is 36.2 Å². The third-order valence-electron chi connectivity index (χ3n) is 2.64. The summed E-state index contributed by atoms with van der Waals surface area (Å²) in [6, 6.07) is 5.61. The Labute approximate surface area is 118 Å². The zero-order valence-corrected chi connectivity index (χ0v) is 11.3. The maximum Gasteiger partial charge on any atom is 0.195 e. The van der Waals surface area contributed by atoms with Gasteiger partial charge in [-0.2, -0.15) is 0 Å². The molecule has 0 aliphatic carbocycles. The van der Waals surface area contributed by atoms with Gasteiger partial charge in [-0.15, -0.1) is 0 Å². The van der Waals surface area contributed by atoms with Gasteiger partial charge in [0.15, 0.2) is 16.6 Å². The molecule has 7 heteroatoms. The average Bonchev–Trinajstić information content (AvgIpc) is 2.89. The molecule has 0 atom stereocenters. The summed E-state index contributed by atoms with van der Waals surface area (Å²) in [6.07, 6.45) is 3.67. The van der Waals surface area contributed by atoms with Gasteiger partial charge in [0.05, 0.1) is 23.7 Å². The number of aldehydes is 1. The first kappa shape index (κ1) is 12.6. The molecule has 0 saturated heterocycles. The Morgan fingerprint density at radius 3 is 2.80 bits per heavy atom. The third-order valence-corrected chi connectivity index (χ3v) is 3.42. The maximum atomic E-state index is 10.5. The van der Waals surface area contributed by atoms with E-state index in [1.54, 1.807) is 7.11 Å². The molecule has 3 rings (SSSR count). The van der Waals surface area contributed by atoms with Crippen LogP contribution in [0.5, 0.6) is 5.75 Å². The molecule has 0 radical (unpaired) electrons. The van der Waals surface area contributed by atoms with E-state index >= 15 is 0 Å². The van der Waals surface area contributed by atoms with Crippen molar-refractivity contribution in [3.8, 4) is 5.75 Å². The molecule has 6 nitrogen and oxygen atoms in total. The van der Waals surface area contributed by atoms with Crippen LogP contribution in [0.2, 0.25) is 0 Å². The maximum absolute atomic E-state index is 10.5. The molecule has 3 aromatic rings. The molecule has 0 bridgehead atoms. The summed E-state index contributed by atoms with van der Waals surface area (Å²) in [5.41, 5.74) is 2.18. The van der Waals surface area contributed by atoms with Crippen LogP contribution in [0.3, 0.4) is 0 Å². The Balaban J connectivity index is 1.87. The summed E-state index contributed by atoms with van der Waals surface area (Å²) >= 11 is 1.30. The molecule has 2 aromatic heterocycles. The number of fused-ring (bicyclic) bond motifs is 1. The van der Waals surface area contributed by atoms with Crippen LogP contribution in [0.15, 0.2) is 40.9 Å². The van der Waals surface area contributed by atoms with E-state index in [2.05, 4.69) is 19.9 Å². The second-order valence-electron chi connectivity index (χ2n) is 3.94. The van der Waals surface area contributed by atoms with Crippen molar-refractivity contribution in [1.29, 1.82) is 0 Å². The molecular formula is C13H10N4O2S. The van der Waals surface area contributed by atoms with E-state index in [1.807, 2.05) is 18.2 Å². The fourth-order valence-corrected chi connectivity index (χ4v) is 2.36. The van der Waals surface area contributed by atoms with Gasteiger partial charge in [-0.1, -0.05) is 0 Å². The number of carbonyl (C=O) groups is 1. The van der Waals surface area contributed by atoms with E-state index in [-0.39, 0.29) is 0 Å². The molecule has 1 N–H and O–H groups in total. The number of carbonyl (C=O) groups excluding carboxylic acids is 1. The molecule has 0 fully saturated rings. The van der Waals surface area contributed by atoms with Gasteiger partial charge in [0.1, 0.15) is 5.75 Å². The van der Waals surface area contributed by atoms with E-state index < -0.39 is 0 Å². The molecule has 0 unspecified atom stereocenters. The van der Waals surface area contributed by atoms with Crippen LogP contribution in [0, 0.1) is 0 Å². The van der Waals surface area contributed by atoms with E-state index in [1.165, 1.54) is 24.2 Å². The van der Waals surface area contributed by atoms with E-state index in [9.17, 15) is 4.79 Å². The fourth-order valence-electron chi connectivity index (χ4n) is 1.67. The second-order valence-corrected chi connectivity index (χ2v) is 4.90. The summed E-state index contributed by atoms with van der Waals surface area (Å²) in [4.78, 5) is 26.3. The highest BCUT2D eigenvalue weighted by Gasteiger charge is 2.07. The van der Waals surface area contributed by atoms with E-state index in [4.69, 9.17) is 4.74 Å². The number of hydrogen-bond acceptors (Lipinski definition) is 6. The zero-order chi connectivity index (χ0) is 13.9. The van der Waals surface area contributed by atoms with Crippen LogP contribution in [-0.2, 0) is 0 Å². The Kier molecular flexibility index (Phi) is 3.34. The van der Waals surface area contributed by atoms with Gasteiger partial charge < -0.3 is 9.72 Å². The SMILES string of the molecule is COc1ccc2nc(Sc3ncc(C=O)cn3)[nH]c2c1. The van der Waals surface area contributed by atoms with Crippen LogP contribution in [0.25, 0.3) is 11.0 Å². The van der Waals surface area contributed by atoms with Crippen LogP contribution in [0.4, 0.5) is 0 Å². The van der Waals surface area contributed by atoms with Gasteiger partial charge in [0, 0.05) is 18.5 Å². The lowest BCUT2D eigenvalue weighted by Gasteiger charge is -1.96. The van der Waals surface area contributed by atoms with Gasteiger partial charge in [-0.25, -0.2) is 15.0 Å². The Bertz CT molecular complexity index is 755. The monoisotopic (exact) mass is 286 g/mol. The number of benzene rings is 1. The van der Waals surface area contributed by atoms with Gasteiger partial charge in [-0.05, 0) is 23.9 Å². The molecule has 1 aromatic carbocycles. The first-order chi connectivity index (χ1) is 9.78. The van der Waals surface area contributed by atoms with Crippen LogP contribution < -0.4 is 4.74 Å². The number of imidazole rings is 1. The highest BCUT2D eigenvalue weighted by atomic mass is 32.2. The Morgan fingerprint density at radius 2 is 2.10 bits per heavy atom. The number of nitrogens with one attached hydrogen (secondary N) is 1. The summed E-state index contributed by atoms with van der Waals surface area (Å²) in [5.74, 6) is 0.768. The molecule has 0 spiro atoms. The lowest BCUT2D eigenvalue weighted by atomic mass is 10.3. The average molecular weight is 286 g/mol. The number of rotatable bonds is 4. The number of nitrogens with zero attached hydrogens (tertiary/aromatic N) is 3. The quantitative estimate of drug-likeness (QED) is 0.585. The van der Waals surface area contributed by atoms with Crippen molar-refractivity contribution < 1.29 is 9.53 Å². The molecule has 20 heavy (non-hydrogen) atoms. The van der Waals surface area contributed by atoms with Crippen molar-refractivity contribution in [2.75, 3.05) is 7.11 Å². The molecule has 0 aliphatic heterocycles. The summed E-state index contributed by atoms with van der Waals surface area (Å²) in [6.45, 7) is 0. The van der Waals surface area contributed by atoms with Crippen molar-refractivity contribution in [2.45, 2.75) is 10.3 Å². The van der Waals surface area contributed by atoms with Gasteiger partial charge >= 0.3 is 0 Å². The first-order valence-corrected chi connectivity index (χ1v) is 6.59. The largest absolute Gasteiger partial charge is 0.497 e. The summed E-state index contributed by atoms with van der Waals surface area (Å²) < 4.78 is 5.16. The highest BCUT2D eigenvalue weighted by Crippen LogP contribution is 2.26. The number of ether oxygens (including phenoxy) is 1. The fraction of sp³-hybridized carbons (Fsp3) is 0.0769. The number of methoxy groups -OCH3 is 1. The van der Waals surface area contributed by atoms with E-state index in [0.29, 0.717) is 22.2 Å². The van der Waals surface area contributed by atoms with E-state index in [0.717, 1.165) is 16.8 Å². The number of H-pyrrole nitrogens is 1. The van der Waals surface area contributed by atoms with Crippen LogP contribution in [-0.4, -0.2) is 33.3 Å². The predicted octanol–water partition coefficient (Wildman–Crippen LogP) is 2.33. The first-order valence-electron chi connectivity index (χ1n) is 5.77. The smallest absolute Gasteiger partial charge is 0.195 e. The van der Waals surface area contributed by atoms with Gasteiger partial charge in [0.25, 0.3) is 0 Å². The Hall–Kier alpha value is -2.41. The zero-order valence-electron chi connectivity index (χ0n) is 10.5. The summed E-state index contributed by atoms with van der Waals surface area (Å²) in [5, 5.41) is 1.22. The molecule has 2 heterocycles.